The number of nitrogens with one attached hydrogen (secondary N) is 2. The number of amides is 1. The minimum atomic E-state index is 0.0841. The number of nitrogen functional groups attached to an aromatic ring is 1. The largest absolute Gasteiger partial charge is 0.368 e. The van der Waals surface area contributed by atoms with Crippen LogP contribution >= 0.6 is 0 Å². The summed E-state index contributed by atoms with van der Waals surface area (Å²) in [5.41, 5.74) is 5.76. The Bertz CT molecular complexity index is 487. The monoisotopic (exact) mass is 262 g/mol. The lowest BCUT2D eigenvalue weighted by Crippen LogP contribution is -2.29. The minimum Gasteiger partial charge on any atom is -0.368 e. The average molecular weight is 262 g/mol. The maximum Gasteiger partial charge on any atom is 0.223 e. The van der Waals surface area contributed by atoms with Crippen molar-refractivity contribution in [2.75, 3.05) is 35.6 Å². The Morgan fingerprint density at radius 3 is 3.00 bits per heavy atom. The van der Waals surface area contributed by atoms with Gasteiger partial charge in [0.15, 0.2) is 0 Å². The van der Waals surface area contributed by atoms with Gasteiger partial charge >= 0.3 is 0 Å². The first-order valence-corrected chi connectivity index (χ1v) is 6.63. The second-order valence-corrected chi connectivity index (χ2v) is 4.98. The lowest BCUT2D eigenvalue weighted by molar-refractivity contribution is -0.120. The van der Waals surface area contributed by atoms with Gasteiger partial charge in [-0.15, -0.1) is 0 Å². The topological polar surface area (TPSA) is 96.2 Å². The standard InChI is InChI=1S/C12H18N6O/c13-12-16-9(15-8-1-2-8)7-10(17-12)18-5-3-11(19)14-4-6-18/h7-8H,1-6H2,(H,14,19)(H3,13,15,16,17). The predicted molar refractivity (Wildman–Crippen MR) is 72.9 cm³/mol. The number of hydrogen-bond donors (Lipinski definition) is 3. The van der Waals surface area contributed by atoms with Crippen LogP contribution in [0.2, 0.25) is 0 Å². The fourth-order valence-electron chi connectivity index (χ4n) is 2.12. The first-order valence-electron chi connectivity index (χ1n) is 6.63. The smallest absolute Gasteiger partial charge is 0.223 e. The molecule has 1 aliphatic heterocycles. The molecule has 1 amide bonds. The van der Waals surface area contributed by atoms with E-state index in [1.807, 2.05) is 6.07 Å². The fraction of sp³-hybridized carbons (Fsp3) is 0.583. The molecule has 1 aromatic heterocycles. The summed E-state index contributed by atoms with van der Waals surface area (Å²) in [6, 6.07) is 2.43. The molecule has 1 aliphatic carbocycles. The molecule has 1 saturated heterocycles. The molecule has 19 heavy (non-hydrogen) atoms. The predicted octanol–water partition coefficient (Wildman–Crippen LogP) is -0.0406. The van der Waals surface area contributed by atoms with Gasteiger partial charge in [-0.1, -0.05) is 0 Å². The molecule has 0 unspecified atom stereocenters. The van der Waals surface area contributed by atoms with Crippen molar-refractivity contribution in [2.45, 2.75) is 25.3 Å². The molecule has 1 saturated carbocycles. The molecule has 7 heteroatoms. The summed E-state index contributed by atoms with van der Waals surface area (Å²) < 4.78 is 0. The first kappa shape index (κ1) is 12.0. The summed E-state index contributed by atoms with van der Waals surface area (Å²) in [6.07, 6.45) is 2.85. The molecule has 0 bridgehead atoms. The van der Waals surface area contributed by atoms with Gasteiger partial charge in [0.2, 0.25) is 11.9 Å². The van der Waals surface area contributed by atoms with Gasteiger partial charge in [0.1, 0.15) is 11.6 Å². The van der Waals surface area contributed by atoms with Gasteiger partial charge in [0.25, 0.3) is 0 Å². The normalized spacial score (nSPS) is 19.8. The number of rotatable bonds is 3. The quantitative estimate of drug-likeness (QED) is 0.707. The average Bonchev–Trinajstić information content (AvgIpc) is 3.17. The maximum absolute atomic E-state index is 11.3. The van der Waals surface area contributed by atoms with Crippen molar-refractivity contribution in [3.05, 3.63) is 6.07 Å². The van der Waals surface area contributed by atoms with E-state index in [1.54, 1.807) is 0 Å². The Morgan fingerprint density at radius 2 is 2.21 bits per heavy atom. The third-order valence-corrected chi connectivity index (χ3v) is 3.30. The van der Waals surface area contributed by atoms with E-state index in [9.17, 15) is 4.79 Å². The fourth-order valence-corrected chi connectivity index (χ4v) is 2.12. The van der Waals surface area contributed by atoms with E-state index < -0.39 is 0 Å². The van der Waals surface area contributed by atoms with Gasteiger partial charge in [-0.3, -0.25) is 4.79 Å². The van der Waals surface area contributed by atoms with Crippen molar-refractivity contribution in [1.82, 2.24) is 15.3 Å². The number of anilines is 3. The van der Waals surface area contributed by atoms with E-state index in [-0.39, 0.29) is 11.9 Å². The second kappa shape index (κ2) is 4.91. The Morgan fingerprint density at radius 1 is 1.37 bits per heavy atom. The summed E-state index contributed by atoms with van der Waals surface area (Å²) in [5, 5.41) is 6.17. The van der Waals surface area contributed by atoms with Crippen molar-refractivity contribution in [3.8, 4) is 0 Å². The van der Waals surface area contributed by atoms with Crippen LogP contribution in [0.25, 0.3) is 0 Å². The third-order valence-electron chi connectivity index (χ3n) is 3.30. The van der Waals surface area contributed by atoms with Crippen LogP contribution in [0.15, 0.2) is 6.07 Å². The van der Waals surface area contributed by atoms with Gasteiger partial charge < -0.3 is 21.3 Å². The van der Waals surface area contributed by atoms with Crippen molar-refractivity contribution in [2.24, 2.45) is 0 Å². The number of aromatic nitrogens is 2. The van der Waals surface area contributed by atoms with Gasteiger partial charge in [-0.2, -0.15) is 9.97 Å². The van der Waals surface area contributed by atoms with E-state index in [4.69, 9.17) is 5.73 Å². The number of nitrogens with zero attached hydrogens (tertiary/aromatic N) is 3. The molecule has 0 atom stereocenters. The molecule has 2 aliphatic rings. The summed E-state index contributed by atoms with van der Waals surface area (Å²) >= 11 is 0. The Kier molecular flexibility index (Phi) is 3.10. The molecular weight excluding hydrogens is 244 g/mol. The highest BCUT2D eigenvalue weighted by Crippen LogP contribution is 2.25. The van der Waals surface area contributed by atoms with E-state index in [1.165, 1.54) is 12.8 Å². The molecule has 1 aromatic rings. The lowest BCUT2D eigenvalue weighted by Gasteiger charge is -2.21. The van der Waals surface area contributed by atoms with Crippen LogP contribution in [-0.4, -0.2) is 41.6 Å². The third kappa shape index (κ3) is 3.04. The summed E-state index contributed by atoms with van der Waals surface area (Å²) in [4.78, 5) is 21.9. The van der Waals surface area contributed by atoms with Crippen molar-refractivity contribution < 1.29 is 4.79 Å². The molecule has 3 rings (SSSR count). The van der Waals surface area contributed by atoms with Crippen LogP contribution in [0.5, 0.6) is 0 Å². The Hall–Kier alpha value is -2.05. The molecule has 0 aromatic carbocycles. The summed E-state index contributed by atoms with van der Waals surface area (Å²) in [7, 11) is 0. The Balaban J connectivity index is 1.78. The number of carbonyl (C=O) groups excluding carboxylic acids is 1. The van der Waals surface area contributed by atoms with E-state index in [2.05, 4.69) is 25.5 Å². The zero-order valence-electron chi connectivity index (χ0n) is 10.7. The van der Waals surface area contributed by atoms with E-state index in [0.29, 0.717) is 25.6 Å². The number of carbonyl (C=O) groups is 1. The molecule has 4 N–H and O–H groups in total. The summed E-state index contributed by atoms with van der Waals surface area (Å²) in [5.74, 6) is 1.91. The van der Waals surface area contributed by atoms with Crippen molar-refractivity contribution >= 4 is 23.5 Å². The first-order chi connectivity index (χ1) is 9.20. The lowest BCUT2D eigenvalue weighted by atomic mass is 10.3. The van der Waals surface area contributed by atoms with Crippen LogP contribution < -0.4 is 21.3 Å². The second-order valence-electron chi connectivity index (χ2n) is 4.98. The van der Waals surface area contributed by atoms with Crippen LogP contribution in [-0.2, 0) is 4.79 Å². The van der Waals surface area contributed by atoms with Crippen LogP contribution in [0.4, 0.5) is 17.6 Å². The van der Waals surface area contributed by atoms with Crippen molar-refractivity contribution in [3.63, 3.8) is 0 Å². The van der Waals surface area contributed by atoms with Crippen LogP contribution in [0.1, 0.15) is 19.3 Å². The van der Waals surface area contributed by atoms with Gasteiger partial charge in [0, 0.05) is 38.2 Å². The molecule has 2 heterocycles. The van der Waals surface area contributed by atoms with Crippen LogP contribution in [0, 0.1) is 0 Å². The highest BCUT2D eigenvalue weighted by atomic mass is 16.1. The zero-order valence-corrected chi connectivity index (χ0v) is 10.7. The van der Waals surface area contributed by atoms with E-state index >= 15 is 0 Å². The van der Waals surface area contributed by atoms with Gasteiger partial charge in [-0.05, 0) is 12.8 Å². The number of nitrogens with two attached hydrogens (primary N) is 1. The number of hydrogen-bond acceptors (Lipinski definition) is 6. The molecule has 0 spiro atoms. The van der Waals surface area contributed by atoms with Crippen molar-refractivity contribution in [1.29, 1.82) is 0 Å². The van der Waals surface area contributed by atoms with Gasteiger partial charge in [0.05, 0.1) is 0 Å². The molecular formula is C12H18N6O. The highest BCUT2D eigenvalue weighted by Gasteiger charge is 2.22. The molecule has 102 valence electrons. The van der Waals surface area contributed by atoms with Gasteiger partial charge in [-0.25, -0.2) is 0 Å². The van der Waals surface area contributed by atoms with E-state index in [0.717, 1.165) is 18.2 Å². The highest BCUT2D eigenvalue weighted by molar-refractivity contribution is 5.77. The molecule has 2 fully saturated rings. The van der Waals surface area contributed by atoms with Crippen LogP contribution in [0.3, 0.4) is 0 Å². The summed E-state index contributed by atoms with van der Waals surface area (Å²) in [6.45, 7) is 2.03. The Labute approximate surface area is 111 Å². The maximum atomic E-state index is 11.3. The molecule has 0 radical (unpaired) electrons. The SMILES string of the molecule is Nc1nc(NC2CC2)cc(N2CCNC(=O)CC2)n1. The molecule has 7 nitrogen and oxygen atoms in total. The zero-order chi connectivity index (χ0) is 13.2. The minimum absolute atomic E-state index is 0.0841.